The molecular weight excluding hydrogens is 319 g/mol. The van der Waals surface area contributed by atoms with Gasteiger partial charge in [-0.05, 0) is 63.5 Å². The Kier molecular flexibility index (Phi) is 6.17. The zero-order chi connectivity index (χ0) is 17.5. The molecule has 0 unspecified atom stereocenters. The fourth-order valence-electron chi connectivity index (χ4n) is 3.24. The number of hydrogen-bond acceptors (Lipinski definition) is 3. The molecule has 1 aliphatic heterocycles. The van der Waals surface area contributed by atoms with Gasteiger partial charge in [0.25, 0.3) is 0 Å². The number of piperidine rings is 1. The van der Waals surface area contributed by atoms with Crippen LogP contribution in [0.4, 0.5) is 4.39 Å². The number of nitrogens with zero attached hydrogens (tertiary/aromatic N) is 3. The molecule has 0 atom stereocenters. The van der Waals surface area contributed by atoms with Crippen LogP contribution in [-0.2, 0) is 4.79 Å². The normalized spacial score (nSPS) is 15.2. The molecule has 5 nitrogen and oxygen atoms in total. The topological polar surface area (TPSA) is 50.2 Å². The van der Waals surface area contributed by atoms with E-state index in [4.69, 9.17) is 0 Å². The molecule has 2 heterocycles. The highest BCUT2D eigenvalue weighted by Gasteiger charge is 2.11. The van der Waals surface area contributed by atoms with Crippen LogP contribution in [-0.4, -0.2) is 40.3 Å². The van der Waals surface area contributed by atoms with Gasteiger partial charge in [0.05, 0.1) is 11.9 Å². The van der Waals surface area contributed by atoms with Gasteiger partial charge in [-0.1, -0.05) is 18.6 Å². The lowest BCUT2D eigenvalue weighted by Crippen LogP contribution is -2.30. The molecule has 1 aromatic heterocycles. The first-order valence-electron chi connectivity index (χ1n) is 9.04. The molecule has 2 aromatic rings. The Morgan fingerprint density at radius 2 is 2.00 bits per heavy atom. The van der Waals surface area contributed by atoms with Crippen molar-refractivity contribution in [1.82, 2.24) is 14.8 Å². The van der Waals surface area contributed by atoms with Crippen LogP contribution in [0.3, 0.4) is 0 Å². The minimum Gasteiger partial charge on any atom is -0.303 e. The van der Waals surface area contributed by atoms with E-state index < -0.39 is 0 Å². The average Bonchev–Trinajstić information content (AvgIpc) is 3.08. The smallest absolute Gasteiger partial charge is 0.240 e. The third kappa shape index (κ3) is 5.13. The van der Waals surface area contributed by atoms with Crippen molar-refractivity contribution in [2.75, 3.05) is 25.1 Å². The monoisotopic (exact) mass is 344 g/mol. The largest absolute Gasteiger partial charge is 0.303 e. The van der Waals surface area contributed by atoms with Gasteiger partial charge in [-0.25, -0.2) is 9.82 Å². The van der Waals surface area contributed by atoms with Gasteiger partial charge >= 0.3 is 0 Å². The summed E-state index contributed by atoms with van der Waals surface area (Å²) in [7, 11) is 0. The number of nitrogens with one attached hydrogen (secondary N) is 1. The van der Waals surface area contributed by atoms with Crippen molar-refractivity contribution >= 4 is 5.91 Å². The van der Waals surface area contributed by atoms with Crippen molar-refractivity contribution < 1.29 is 9.18 Å². The van der Waals surface area contributed by atoms with Gasteiger partial charge < -0.3 is 4.90 Å². The van der Waals surface area contributed by atoms with Crippen molar-refractivity contribution in [3.63, 3.8) is 0 Å². The second-order valence-corrected chi connectivity index (χ2v) is 6.53. The van der Waals surface area contributed by atoms with Crippen LogP contribution in [0.15, 0.2) is 36.5 Å². The zero-order valence-electron chi connectivity index (χ0n) is 14.5. The number of likely N-dealkylation sites (tertiary alicyclic amines) is 1. The Balaban J connectivity index is 1.46. The molecule has 1 aromatic carbocycles. The molecule has 1 fully saturated rings. The van der Waals surface area contributed by atoms with Gasteiger partial charge in [-0.15, -0.1) is 0 Å². The second-order valence-electron chi connectivity index (χ2n) is 6.53. The van der Waals surface area contributed by atoms with E-state index in [-0.39, 0.29) is 11.7 Å². The van der Waals surface area contributed by atoms with Crippen LogP contribution < -0.4 is 5.43 Å². The summed E-state index contributed by atoms with van der Waals surface area (Å²) >= 11 is 0. The van der Waals surface area contributed by atoms with Gasteiger partial charge in [0.1, 0.15) is 5.82 Å². The number of rotatable bonds is 7. The van der Waals surface area contributed by atoms with Crippen molar-refractivity contribution in [3.8, 4) is 11.3 Å². The van der Waals surface area contributed by atoms with E-state index in [2.05, 4.69) is 15.4 Å². The molecule has 0 spiro atoms. The number of halogens is 1. The predicted octanol–water partition coefficient (Wildman–Crippen LogP) is 3.42. The summed E-state index contributed by atoms with van der Waals surface area (Å²) in [5.41, 5.74) is 4.13. The molecular formula is C19H25FN4O. The zero-order valence-corrected chi connectivity index (χ0v) is 14.5. The number of unbranched alkanes of at least 4 members (excludes halogenated alkanes) is 1. The van der Waals surface area contributed by atoms with E-state index in [9.17, 15) is 9.18 Å². The molecule has 0 aliphatic carbocycles. The Labute approximate surface area is 147 Å². The summed E-state index contributed by atoms with van der Waals surface area (Å²) in [6.07, 6.45) is 7.89. The molecule has 1 aliphatic rings. The first-order chi connectivity index (χ1) is 12.2. The molecule has 134 valence electrons. The maximum atomic E-state index is 13.4. The summed E-state index contributed by atoms with van der Waals surface area (Å²) in [6.45, 7) is 3.45. The van der Waals surface area contributed by atoms with E-state index in [0.717, 1.165) is 19.4 Å². The molecule has 1 amide bonds. The van der Waals surface area contributed by atoms with Gasteiger partial charge in [-0.2, -0.15) is 9.89 Å². The van der Waals surface area contributed by atoms with Crippen molar-refractivity contribution in [3.05, 3.63) is 42.3 Å². The SMILES string of the molecule is O=C(CCCCN1CCCCC1)Nn1nccc1-c1cccc(F)c1. The summed E-state index contributed by atoms with van der Waals surface area (Å²) in [5.74, 6) is -0.380. The summed E-state index contributed by atoms with van der Waals surface area (Å²) in [5, 5.41) is 4.12. The molecule has 25 heavy (non-hydrogen) atoms. The number of aromatic nitrogens is 2. The Bertz CT molecular complexity index is 694. The van der Waals surface area contributed by atoms with Gasteiger partial charge in [-0.3, -0.25) is 4.79 Å². The van der Waals surface area contributed by atoms with E-state index in [1.165, 1.54) is 49.3 Å². The Hall–Kier alpha value is -2.21. The highest BCUT2D eigenvalue weighted by Crippen LogP contribution is 2.19. The van der Waals surface area contributed by atoms with Crippen LogP contribution in [0.1, 0.15) is 38.5 Å². The molecule has 0 bridgehead atoms. The lowest BCUT2D eigenvalue weighted by Gasteiger charge is -2.26. The van der Waals surface area contributed by atoms with Crippen LogP contribution in [0.5, 0.6) is 0 Å². The van der Waals surface area contributed by atoms with Crippen LogP contribution in [0.25, 0.3) is 11.3 Å². The van der Waals surface area contributed by atoms with Gasteiger partial charge in [0.15, 0.2) is 0 Å². The highest BCUT2D eigenvalue weighted by atomic mass is 19.1. The molecule has 0 radical (unpaired) electrons. The van der Waals surface area contributed by atoms with Crippen molar-refractivity contribution in [1.29, 1.82) is 0 Å². The molecule has 3 rings (SSSR count). The number of hydrogen-bond donors (Lipinski definition) is 1. The van der Waals surface area contributed by atoms with Crippen LogP contribution in [0.2, 0.25) is 0 Å². The van der Waals surface area contributed by atoms with E-state index in [1.54, 1.807) is 24.4 Å². The highest BCUT2D eigenvalue weighted by molar-refractivity contribution is 5.84. The van der Waals surface area contributed by atoms with Crippen LogP contribution in [0, 0.1) is 5.82 Å². The first-order valence-corrected chi connectivity index (χ1v) is 9.04. The minimum absolute atomic E-state index is 0.0694. The fourth-order valence-corrected chi connectivity index (χ4v) is 3.24. The second kappa shape index (κ2) is 8.76. The predicted molar refractivity (Wildman–Crippen MR) is 96.1 cm³/mol. The number of carbonyl (C=O) groups excluding carboxylic acids is 1. The Morgan fingerprint density at radius 3 is 2.80 bits per heavy atom. The summed E-state index contributed by atoms with van der Waals surface area (Å²) < 4.78 is 13.4. The maximum Gasteiger partial charge on any atom is 0.240 e. The number of amides is 1. The van der Waals surface area contributed by atoms with Crippen molar-refractivity contribution in [2.45, 2.75) is 38.5 Å². The third-order valence-electron chi connectivity index (χ3n) is 4.57. The standard InChI is InChI=1S/C19H25FN4O/c20-17-8-6-7-16(15-17)18-10-11-21-24(18)22-19(25)9-2-5-14-23-12-3-1-4-13-23/h6-8,10-11,15H,1-5,9,12-14H2,(H,22,25). The lowest BCUT2D eigenvalue weighted by molar-refractivity contribution is -0.117. The van der Waals surface area contributed by atoms with Crippen molar-refractivity contribution in [2.24, 2.45) is 0 Å². The molecule has 6 heteroatoms. The minimum atomic E-state index is -0.311. The fraction of sp³-hybridized carbons (Fsp3) is 0.474. The van der Waals surface area contributed by atoms with Crippen LogP contribution >= 0.6 is 0 Å². The van der Waals surface area contributed by atoms with E-state index >= 15 is 0 Å². The number of carbonyl (C=O) groups is 1. The molecule has 0 saturated carbocycles. The number of benzene rings is 1. The Morgan fingerprint density at radius 1 is 1.16 bits per heavy atom. The van der Waals surface area contributed by atoms with Gasteiger partial charge in [0.2, 0.25) is 5.91 Å². The lowest BCUT2D eigenvalue weighted by atomic mass is 10.1. The quantitative estimate of drug-likeness (QED) is 0.783. The van der Waals surface area contributed by atoms with E-state index in [0.29, 0.717) is 17.7 Å². The molecule has 1 N–H and O–H groups in total. The third-order valence-corrected chi connectivity index (χ3v) is 4.57. The summed E-state index contributed by atoms with van der Waals surface area (Å²) in [6, 6.07) is 8.01. The first kappa shape index (κ1) is 17.6. The average molecular weight is 344 g/mol. The van der Waals surface area contributed by atoms with Gasteiger partial charge in [0, 0.05) is 12.0 Å². The molecule has 1 saturated heterocycles. The maximum absolute atomic E-state index is 13.4. The summed E-state index contributed by atoms with van der Waals surface area (Å²) in [4.78, 5) is 16.1. The van der Waals surface area contributed by atoms with E-state index in [1.807, 2.05) is 0 Å².